The van der Waals surface area contributed by atoms with E-state index in [1.165, 1.54) is 19.3 Å². The van der Waals surface area contributed by atoms with Crippen molar-refractivity contribution in [1.29, 1.82) is 0 Å². The molecule has 0 radical (unpaired) electrons. The van der Waals surface area contributed by atoms with E-state index in [0.717, 1.165) is 30.8 Å². The number of hydrogen-bond acceptors (Lipinski definition) is 3. The van der Waals surface area contributed by atoms with E-state index in [2.05, 4.69) is 28.8 Å². The normalized spacial score (nSPS) is 12.3. The summed E-state index contributed by atoms with van der Waals surface area (Å²) in [6.07, 6.45) is 11.7. The van der Waals surface area contributed by atoms with Gasteiger partial charge in [0.2, 0.25) is 0 Å². The first-order valence-electron chi connectivity index (χ1n) is 6.90. The molecule has 1 heterocycles. The Kier molecular flexibility index (Phi) is 7.26. The molecule has 3 heteroatoms. The van der Waals surface area contributed by atoms with Crippen molar-refractivity contribution < 1.29 is 0 Å². The first-order chi connectivity index (χ1) is 8.77. The highest BCUT2D eigenvalue weighted by Crippen LogP contribution is 2.17. The molecular weight excluding hydrogens is 222 g/mol. The van der Waals surface area contributed by atoms with Crippen LogP contribution in [0.4, 0.5) is 0 Å². The highest BCUT2D eigenvalue weighted by Gasteiger charge is 2.11. The molecule has 3 nitrogen and oxygen atoms in total. The molecule has 1 aromatic heterocycles. The van der Waals surface area contributed by atoms with Crippen molar-refractivity contribution in [2.45, 2.75) is 52.0 Å². The fourth-order valence-corrected chi connectivity index (χ4v) is 2.00. The smallest absolute Gasteiger partial charge is 0.0756 e. The van der Waals surface area contributed by atoms with Crippen LogP contribution in [0.25, 0.3) is 0 Å². The van der Waals surface area contributed by atoms with Crippen LogP contribution in [0.2, 0.25) is 0 Å². The van der Waals surface area contributed by atoms with Gasteiger partial charge in [0.1, 0.15) is 0 Å². The van der Waals surface area contributed by atoms with Crippen molar-refractivity contribution in [2.75, 3.05) is 6.54 Å². The Hall–Kier alpha value is -1.22. The lowest BCUT2D eigenvalue weighted by atomic mass is 10.0. The van der Waals surface area contributed by atoms with Gasteiger partial charge in [0, 0.05) is 6.20 Å². The van der Waals surface area contributed by atoms with Gasteiger partial charge in [-0.2, -0.15) is 0 Å². The van der Waals surface area contributed by atoms with Crippen molar-refractivity contribution in [3.8, 4) is 0 Å². The number of unbranched alkanes of at least 4 members (excludes halogenated alkanes) is 3. The van der Waals surface area contributed by atoms with E-state index in [9.17, 15) is 0 Å². The van der Waals surface area contributed by atoms with Gasteiger partial charge in [-0.15, -0.1) is 6.58 Å². The molecule has 0 amide bonds. The minimum absolute atomic E-state index is 0.340. The second kappa shape index (κ2) is 8.81. The summed E-state index contributed by atoms with van der Waals surface area (Å²) in [5.41, 5.74) is 2.03. The molecule has 0 saturated heterocycles. The molecule has 0 aliphatic rings. The molecule has 0 aliphatic carbocycles. The third-order valence-electron chi connectivity index (χ3n) is 3.01. The number of aromatic nitrogens is 2. The summed E-state index contributed by atoms with van der Waals surface area (Å²) in [6, 6.07) is 0.340. The Morgan fingerprint density at radius 2 is 2.11 bits per heavy atom. The minimum atomic E-state index is 0.340. The first-order valence-corrected chi connectivity index (χ1v) is 6.90. The molecule has 1 aromatic rings. The van der Waals surface area contributed by atoms with Crippen LogP contribution < -0.4 is 5.32 Å². The summed E-state index contributed by atoms with van der Waals surface area (Å²) in [5, 5.41) is 3.49. The monoisotopic (exact) mass is 247 g/mol. The minimum Gasteiger partial charge on any atom is -0.309 e. The number of nitrogens with zero attached hydrogens (tertiary/aromatic N) is 2. The number of nitrogens with one attached hydrogen (secondary N) is 1. The molecule has 0 fully saturated rings. The highest BCUT2D eigenvalue weighted by atomic mass is 14.9. The molecule has 0 saturated carbocycles. The molecule has 0 aliphatic heterocycles. The quantitative estimate of drug-likeness (QED) is 0.535. The maximum Gasteiger partial charge on any atom is 0.0756 e. The van der Waals surface area contributed by atoms with E-state index in [4.69, 9.17) is 0 Å². The molecular formula is C15H25N3. The molecule has 0 aromatic carbocycles. The van der Waals surface area contributed by atoms with Crippen LogP contribution in [-0.4, -0.2) is 16.5 Å². The van der Waals surface area contributed by atoms with Gasteiger partial charge in [0.05, 0.1) is 23.6 Å². The largest absolute Gasteiger partial charge is 0.309 e. The van der Waals surface area contributed by atoms with Crippen molar-refractivity contribution in [3.63, 3.8) is 0 Å². The highest BCUT2D eigenvalue weighted by molar-refractivity contribution is 5.05. The van der Waals surface area contributed by atoms with Gasteiger partial charge in [0.25, 0.3) is 0 Å². The lowest BCUT2D eigenvalue weighted by Gasteiger charge is -2.16. The Morgan fingerprint density at radius 3 is 2.72 bits per heavy atom. The standard InChI is InChI=1S/C15H25N3/c1-4-6-7-8-9-10-14(16-5-2)15-12-17-13(3)11-18-15/h4,11-12,14,16H,1,5-10H2,2-3H3. The van der Waals surface area contributed by atoms with Gasteiger partial charge in [-0.25, -0.2) is 0 Å². The second-order valence-electron chi connectivity index (χ2n) is 4.62. The summed E-state index contributed by atoms with van der Waals surface area (Å²) >= 11 is 0. The van der Waals surface area contributed by atoms with E-state index < -0.39 is 0 Å². The third-order valence-corrected chi connectivity index (χ3v) is 3.01. The van der Waals surface area contributed by atoms with Crippen molar-refractivity contribution >= 4 is 0 Å². The maximum atomic E-state index is 4.47. The van der Waals surface area contributed by atoms with Gasteiger partial charge in [-0.05, 0) is 32.7 Å². The van der Waals surface area contributed by atoms with Crippen LogP contribution >= 0.6 is 0 Å². The van der Waals surface area contributed by atoms with E-state index in [1.54, 1.807) is 0 Å². The average Bonchev–Trinajstić information content (AvgIpc) is 2.38. The zero-order chi connectivity index (χ0) is 13.2. The summed E-state index contributed by atoms with van der Waals surface area (Å²) in [6.45, 7) is 8.81. The summed E-state index contributed by atoms with van der Waals surface area (Å²) in [7, 11) is 0. The lowest BCUT2D eigenvalue weighted by molar-refractivity contribution is 0.473. The average molecular weight is 247 g/mol. The molecule has 0 spiro atoms. The predicted molar refractivity (Wildman–Crippen MR) is 76.5 cm³/mol. The third kappa shape index (κ3) is 5.41. The van der Waals surface area contributed by atoms with Gasteiger partial charge in [-0.1, -0.05) is 25.8 Å². The molecule has 0 bridgehead atoms. The van der Waals surface area contributed by atoms with Gasteiger partial charge in [-0.3, -0.25) is 9.97 Å². The Balaban J connectivity index is 2.43. The molecule has 1 rings (SSSR count). The SMILES string of the molecule is C=CCCCCCC(NCC)c1cnc(C)cn1. The fourth-order valence-electron chi connectivity index (χ4n) is 2.00. The Labute approximate surface area is 111 Å². The van der Waals surface area contributed by atoms with Crippen molar-refractivity contribution in [1.82, 2.24) is 15.3 Å². The summed E-state index contributed by atoms with van der Waals surface area (Å²) in [4.78, 5) is 8.80. The molecule has 1 atom stereocenters. The van der Waals surface area contributed by atoms with E-state index in [0.29, 0.717) is 6.04 Å². The zero-order valence-corrected chi connectivity index (χ0v) is 11.7. The van der Waals surface area contributed by atoms with E-state index in [-0.39, 0.29) is 0 Å². The van der Waals surface area contributed by atoms with E-state index in [1.807, 2.05) is 25.4 Å². The fraction of sp³-hybridized carbons (Fsp3) is 0.600. The predicted octanol–water partition coefficient (Wildman–Crippen LogP) is 3.57. The van der Waals surface area contributed by atoms with Crippen LogP contribution in [-0.2, 0) is 0 Å². The van der Waals surface area contributed by atoms with Crippen LogP contribution in [0.5, 0.6) is 0 Å². The number of hydrogen-bond donors (Lipinski definition) is 1. The van der Waals surface area contributed by atoms with Crippen molar-refractivity contribution in [2.24, 2.45) is 0 Å². The topological polar surface area (TPSA) is 37.8 Å². The van der Waals surface area contributed by atoms with Crippen LogP contribution in [0.1, 0.15) is 56.5 Å². The summed E-state index contributed by atoms with van der Waals surface area (Å²) in [5.74, 6) is 0. The number of rotatable bonds is 9. The molecule has 100 valence electrons. The van der Waals surface area contributed by atoms with Gasteiger partial charge >= 0.3 is 0 Å². The Morgan fingerprint density at radius 1 is 1.28 bits per heavy atom. The number of aryl methyl sites for hydroxylation is 1. The zero-order valence-electron chi connectivity index (χ0n) is 11.7. The van der Waals surface area contributed by atoms with Crippen molar-refractivity contribution in [3.05, 3.63) is 36.4 Å². The molecule has 18 heavy (non-hydrogen) atoms. The van der Waals surface area contributed by atoms with E-state index >= 15 is 0 Å². The lowest BCUT2D eigenvalue weighted by Crippen LogP contribution is -2.22. The maximum absolute atomic E-state index is 4.47. The van der Waals surface area contributed by atoms with Crippen LogP contribution in [0, 0.1) is 6.92 Å². The first kappa shape index (κ1) is 14.8. The van der Waals surface area contributed by atoms with Gasteiger partial charge in [0.15, 0.2) is 0 Å². The van der Waals surface area contributed by atoms with Crippen LogP contribution in [0.15, 0.2) is 25.0 Å². The second-order valence-corrected chi connectivity index (χ2v) is 4.62. The van der Waals surface area contributed by atoms with Crippen LogP contribution in [0.3, 0.4) is 0 Å². The molecule has 1 N–H and O–H groups in total. The molecule has 1 unspecified atom stereocenters. The number of allylic oxidation sites excluding steroid dienone is 1. The van der Waals surface area contributed by atoms with Gasteiger partial charge < -0.3 is 5.32 Å². The Bertz CT molecular complexity index is 332. The summed E-state index contributed by atoms with van der Waals surface area (Å²) < 4.78 is 0.